The maximum absolute atomic E-state index is 15.4. The van der Waals surface area contributed by atoms with E-state index in [4.69, 9.17) is 9.47 Å². The van der Waals surface area contributed by atoms with E-state index < -0.39 is 23.0 Å². The van der Waals surface area contributed by atoms with Crippen molar-refractivity contribution >= 4 is 10.9 Å². The summed E-state index contributed by atoms with van der Waals surface area (Å²) in [7, 11) is 0. The lowest BCUT2D eigenvalue weighted by Crippen LogP contribution is -2.74. The van der Waals surface area contributed by atoms with Crippen LogP contribution >= 0.6 is 0 Å². The van der Waals surface area contributed by atoms with Crippen molar-refractivity contribution in [3.05, 3.63) is 77.6 Å². The van der Waals surface area contributed by atoms with Gasteiger partial charge in [0, 0.05) is 23.6 Å². The molecule has 0 saturated heterocycles. The van der Waals surface area contributed by atoms with Gasteiger partial charge in [-0.05, 0) is 56.5 Å². The minimum Gasteiger partial charge on any atom is -0.413 e. The van der Waals surface area contributed by atoms with Gasteiger partial charge in [-0.15, -0.1) is 4.57 Å². The van der Waals surface area contributed by atoms with Gasteiger partial charge < -0.3 is 4.74 Å². The third kappa shape index (κ3) is 2.56. The summed E-state index contributed by atoms with van der Waals surface area (Å²) in [5.74, 6) is -1.71. The highest BCUT2D eigenvalue weighted by Gasteiger charge is 2.69. The molecule has 31 heavy (non-hydrogen) atoms. The normalized spacial score (nSPS) is 23.8. The fourth-order valence-electron chi connectivity index (χ4n) is 5.59. The van der Waals surface area contributed by atoms with E-state index in [9.17, 15) is 4.39 Å². The highest BCUT2D eigenvalue weighted by atomic mass is 19.1. The number of allylic oxidation sites excluding steroid dienone is 1. The molecule has 3 heterocycles. The molecule has 3 nitrogen and oxygen atoms in total. The van der Waals surface area contributed by atoms with Crippen LogP contribution in [0.4, 0.5) is 8.78 Å². The molecule has 0 amide bonds. The van der Waals surface area contributed by atoms with Gasteiger partial charge in [0.05, 0.1) is 11.7 Å². The standard InChI is InChI=1S/C26H26F2NO2/c1-5-25(6-2)20-14-19(27)15-21(28)24(20)23-12-11-18-9-7-8-10-22(18)29(23)26(25)30-16(3)13-17(4)31-26/h7-16H,5-6H2,1-4H3/q+1. The van der Waals surface area contributed by atoms with Crippen LogP contribution in [-0.2, 0) is 20.8 Å². The Morgan fingerprint density at radius 3 is 2.48 bits per heavy atom. The molecule has 0 saturated carbocycles. The minimum atomic E-state index is -1.28. The minimum absolute atomic E-state index is 0.231. The Balaban J connectivity index is 2.02. The van der Waals surface area contributed by atoms with Gasteiger partial charge in [-0.2, -0.15) is 0 Å². The largest absolute Gasteiger partial charge is 0.444 e. The predicted octanol–water partition coefficient (Wildman–Crippen LogP) is 6.09. The van der Waals surface area contributed by atoms with Gasteiger partial charge in [0.1, 0.15) is 22.8 Å². The van der Waals surface area contributed by atoms with Gasteiger partial charge in [-0.25, -0.2) is 8.78 Å². The summed E-state index contributed by atoms with van der Waals surface area (Å²) in [6, 6.07) is 14.2. The first-order valence-electron chi connectivity index (χ1n) is 10.9. The molecule has 2 aromatic carbocycles. The predicted molar refractivity (Wildman–Crippen MR) is 115 cm³/mol. The van der Waals surface area contributed by atoms with Gasteiger partial charge >= 0.3 is 5.91 Å². The molecule has 2 aliphatic heterocycles. The van der Waals surface area contributed by atoms with Gasteiger partial charge in [-0.1, -0.05) is 26.0 Å². The van der Waals surface area contributed by atoms with E-state index in [-0.39, 0.29) is 6.10 Å². The van der Waals surface area contributed by atoms with Crippen LogP contribution in [0.3, 0.4) is 0 Å². The van der Waals surface area contributed by atoms with E-state index in [1.54, 1.807) is 0 Å². The van der Waals surface area contributed by atoms with E-state index >= 15 is 4.39 Å². The SMILES string of the molecule is CCC1(CC)c2cc(F)cc(F)c2-c2ccc3ccccc3[n+]2C12OC(C)=CC(C)O2. The van der Waals surface area contributed by atoms with Crippen molar-refractivity contribution in [1.82, 2.24) is 0 Å². The second-order valence-electron chi connectivity index (χ2n) is 8.50. The van der Waals surface area contributed by atoms with Gasteiger partial charge in [0.25, 0.3) is 0 Å². The van der Waals surface area contributed by atoms with E-state index in [1.807, 2.05) is 74.7 Å². The summed E-state index contributed by atoms with van der Waals surface area (Å²) in [4.78, 5) is 0. The van der Waals surface area contributed by atoms with Crippen LogP contribution in [0.5, 0.6) is 0 Å². The van der Waals surface area contributed by atoms with Crippen LogP contribution in [-0.4, -0.2) is 6.10 Å². The van der Waals surface area contributed by atoms with Crippen LogP contribution in [0.2, 0.25) is 0 Å². The second kappa shape index (κ2) is 6.86. The Hall–Kier alpha value is -2.79. The molecule has 0 N–H and O–H groups in total. The van der Waals surface area contributed by atoms with E-state index in [2.05, 4.69) is 0 Å². The van der Waals surface area contributed by atoms with Crippen LogP contribution < -0.4 is 4.57 Å². The average molecular weight is 422 g/mol. The molecule has 1 aromatic heterocycles. The van der Waals surface area contributed by atoms with Crippen LogP contribution in [0, 0.1) is 11.6 Å². The van der Waals surface area contributed by atoms with Gasteiger partial charge in [0.15, 0.2) is 0 Å². The lowest BCUT2D eigenvalue weighted by Gasteiger charge is -2.49. The zero-order valence-corrected chi connectivity index (χ0v) is 18.2. The smallest absolute Gasteiger partial charge is 0.413 e. The highest BCUT2D eigenvalue weighted by Crippen LogP contribution is 2.54. The Kier molecular flexibility index (Phi) is 4.45. The monoisotopic (exact) mass is 422 g/mol. The number of aromatic nitrogens is 1. The quantitative estimate of drug-likeness (QED) is 0.466. The van der Waals surface area contributed by atoms with Crippen molar-refractivity contribution in [3.8, 4) is 11.3 Å². The third-order valence-corrected chi connectivity index (χ3v) is 6.89. The molecule has 2 aliphatic rings. The summed E-state index contributed by atoms with van der Waals surface area (Å²) < 4.78 is 45.2. The van der Waals surface area contributed by atoms with Crippen molar-refractivity contribution in [2.75, 3.05) is 0 Å². The molecule has 5 heteroatoms. The maximum atomic E-state index is 15.4. The number of hydrogen-bond donors (Lipinski definition) is 0. The number of benzene rings is 2. The molecule has 0 radical (unpaired) electrons. The molecular formula is C26H26F2NO2+. The van der Waals surface area contributed by atoms with E-state index in [1.165, 1.54) is 6.07 Å². The first kappa shape index (κ1) is 20.1. The summed E-state index contributed by atoms with van der Waals surface area (Å²) in [6.07, 6.45) is 2.85. The first-order valence-corrected chi connectivity index (χ1v) is 10.9. The number of ether oxygens (including phenoxy) is 2. The lowest BCUT2D eigenvalue weighted by molar-refractivity contribution is -0.847. The Bertz CT molecular complexity index is 1230. The molecule has 0 bridgehead atoms. The zero-order valence-electron chi connectivity index (χ0n) is 18.2. The molecule has 5 rings (SSSR count). The third-order valence-electron chi connectivity index (χ3n) is 6.89. The average Bonchev–Trinajstić information content (AvgIpc) is 2.73. The summed E-state index contributed by atoms with van der Waals surface area (Å²) in [6.45, 7) is 7.93. The highest BCUT2D eigenvalue weighted by molar-refractivity contribution is 5.79. The molecule has 0 aliphatic carbocycles. The topological polar surface area (TPSA) is 22.3 Å². The molecule has 0 fully saturated rings. The van der Waals surface area contributed by atoms with Crippen LogP contribution in [0.15, 0.2) is 60.4 Å². The maximum Gasteiger partial charge on any atom is 0.444 e. The summed E-state index contributed by atoms with van der Waals surface area (Å²) in [5.41, 5.74) is 1.69. The number of halogens is 2. The number of pyridine rings is 1. The summed E-state index contributed by atoms with van der Waals surface area (Å²) in [5, 5.41) is 0.991. The number of nitrogens with zero attached hydrogens (tertiary/aromatic N) is 1. The fourth-order valence-corrected chi connectivity index (χ4v) is 5.59. The fraction of sp³-hybridized carbons (Fsp3) is 0.346. The van der Waals surface area contributed by atoms with Crippen molar-refractivity contribution in [2.24, 2.45) is 0 Å². The first-order chi connectivity index (χ1) is 14.9. The molecule has 1 spiro atoms. The number of para-hydroxylation sites is 1. The Morgan fingerprint density at radius 2 is 1.77 bits per heavy atom. The zero-order chi connectivity index (χ0) is 22.0. The Morgan fingerprint density at radius 1 is 1.03 bits per heavy atom. The number of fused-ring (bicyclic) bond motifs is 6. The molecule has 160 valence electrons. The molecule has 3 aromatic rings. The number of hydrogen-bond acceptors (Lipinski definition) is 2. The van der Waals surface area contributed by atoms with Crippen LogP contribution in [0.25, 0.3) is 22.2 Å². The van der Waals surface area contributed by atoms with Crippen molar-refractivity contribution in [1.29, 1.82) is 0 Å². The van der Waals surface area contributed by atoms with Gasteiger partial charge in [0.2, 0.25) is 11.2 Å². The van der Waals surface area contributed by atoms with Crippen molar-refractivity contribution in [2.45, 2.75) is 58.0 Å². The molecule has 2 unspecified atom stereocenters. The second-order valence-corrected chi connectivity index (χ2v) is 8.50. The van der Waals surface area contributed by atoms with Crippen molar-refractivity contribution < 1.29 is 22.8 Å². The molecule has 2 atom stereocenters. The molecular weight excluding hydrogens is 396 g/mol. The van der Waals surface area contributed by atoms with Crippen LogP contribution in [0.1, 0.15) is 46.1 Å². The number of rotatable bonds is 2. The Labute approximate surface area is 180 Å². The van der Waals surface area contributed by atoms with E-state index in [0.29, 0.717) is 29.7 Å². The summed E-state index contributed by atoms with van der Waals surface area (Å²) >= 11 is 0. The van der Waals surface area contributed by atoms with Gasteiger partial charge in [-0.3, -0.25) is 4.74 Å². The van der Waals surface area contributed by atoms with E-state index in [0.717, 1.165) is 22.7 Å². The van der Waals surface area contributed by atoms with Crippen molar-refractivity contribution in [3.63, 3.8) is 0 Å². The lowest BCUT2D eigenvalue weighted by atomic mass is 9.67.